The van der Waals surface area contributed by atoms with Gasteiger partial charge in [-0.3, -0.25) is 9.80 Å². The van der Waals surface area contributed by atoms with Gasteiger partial charge in [0.15, 0.2) is 0 Å². The number of benzene rings is 3. The van der Waals surface area contributed by atoms with Crippen molar-refractivity contribution < 1.29 is 22.6 Å². The number of halogens is 3. The van der Waals surface area contributed by atoms with Crippen molar-refractivity contribution in [3.05, 3.63) is 83.6 Å². The summed E-state index contributed by atoms with van der Waals surface area (Å²) >= 11 is 0. The first kappa shape index (κ1) is 30.5. The second-order valence-corrected chi connectivity index (χ2v) is 12.1. The highest BCUT2D eigenvalue weighted by Gasteiger charge is 2.31. The minimum Gasteiger partial charge on any atom is -0.497 e. The number of ether oxygens (including phenoxy) is 2. The largest absolute Gasteiger partial charge is 0.573 e. The van der Waals surface area contributed by atoms with Crippen molar-refractivity contribution in [2.24, 2.45) is 5.73 Å². The predicted molar refractivity (Wildman–Crippen MR) is 168 cm³/mol. The van der Waals surface area contributed by atoms with E-state index < -0.39 is 6.36 Å². The molecule has 0 spiro atoms. The number of hydrogen-bond donors (Lipinski definition) is 1. The van der Waals surface area contributed by atoms with Crippen LogP contribution >= 0.6 is 0 Å². The van der Waals surface area contributed by atoms with Crippen LogP contribution in [0.25, 0.3) is 22.0 Å². The lowest BCUT2D eigenvalue weighted by molar-refractivity contribution is -0.274. The summed E-state index contributed by atoms with van der Waals surface area (Å²) in [6, 6.07) is 19.9. The highest BCUT2D eigenvalue weighted by Crippen LogP contribution is 2.40. The van der Waals surface area contributed by atoms with Gasteiger partial charge in [-0.15, -0.1) is 13.2 Å². The van der Waals surface area contributed by atoms with Gasteiger partial charge in [0.05, 0.1) is 7.11 Å². The van der Waals surface area contributed by atoms with E-state index in [-0.39, 0.29) is 12.3 Å². The van der Waals surface area contributed by atoms with Crippen LogP contribution in [0.2, 0.25) is 0 Å². The third-order valence-corrected chi connectivity index (χ3v) is 9.10. The van der Waals surface area contributed by atoms with Gasteiger partial charge in [-0.05, 0) is 71.5 Å². The van der Waals surface area contributed by atoms with Crippen LogP contribution in [0.1, 0.15) is 54.8 Å². The van der Waals surface area contributed by atoms with Gasteiger partial charge in [-0.2, -0.15) is 0 Å². The van der Waals surface area contributed by atoms with Crippen LogP contribution in [0.3, 0.4) is 0 Å². The first-order valence-electron chi connectivity index (χ1n) is 15.6. The molecule has 6 nitrogen and oxygen atoms in total. The van der Waals surface area contributed by atoms with E-state index >= 15 is 0 Å². The van der Waals surface area contributed by atoms with E-state index in [9.17, 15) is 13.2 Å². The SMILES string of the molecule is COc1cccc(CN2CCN(Cc3ccc4c(c3)c(-c3ccc(OC(F)(F)F)cc3CN)cn4C3CCCCC3)CC2)c1. The van der Waals surface area contributed by atoms with Crippen molar-refractivity contribution in [3.63, 3.8) is 0 Å². The number of aromatic nitrogens is 1. The van der Waals surface area contributed by atoms with E-state index in [4.69, 9.17) is 10.5 Å². The van der Waals surface area contributed by atoms with Crippen molar-refractivity contribution in [1.82, 2.24) is 14.4 Å². The fraction of sp³-hybridized carbons (Fsp3) is 0.429. The van der Waals surface area contributed by atoms with Gasteiger partial charge in [0.1, 0.15) is 11.5 Å². The molecule has 2 N–H and O–H groups in total. The first-order chi connectivity index (χ1) is 21.3. The number of rotatable bonds is 9. The highest BCUT2D eigenvalue weighted by atomic mass is 19.4. The Balaban J connectivity index is 1.24. The molecule has 1 aliphatic carbocycles. The smallest absolute Gasteiger partial charge is 0.497 e. The molecule has 2 fully saturated rings. The lowest BCUT2D eigenvalue weighted by Crippen LogP contribution is -2.45. The van der Waals surface area contributed by atoms with E-state index in [2.05, 4.69) is 55.6 Å². The summed E-state index contributed by atoms with van der Waals surface area (Å²) in [4.78, 5) is 4.98. The van der Waals surface area contributed by atoms with Crippen LogP contribution in [-0.4, -0.2) is 54.0 Å². The molecule has 6 rings (SSSR count). The number of nitrogens with two attached hydrogens (primary N) is 1. The topological polar surface area (TPSA) is 55.9 Å². The van der Waals surface area contributed by atoms with E-state index in [0.717, 1.165) is 79.9 Å². The quantitative estimate of drug-likeness (QED) is 0.214. The van der Waals surface area contributed by atoms with Crippen LogP contribution in [0.5, 0.6) is 11.5 Å². The molecule has 1 saturated heterocycles. The summed E-state index contributed by atoms with van der Waals surface area (Å²) in [5, 5.41) is 1.11. The molecule has 0 bridgehead atoms. The molecular formula is C35H41F3N4O2. The van der Waals surface area contributed by atoms with Gasteiger partial charge >= 0.3 is 6.36 Å². The molecule has 1 aromatic heterocycles. The third-order valence-electron chi connectivity index (χ3n) is 9.10. The fourth-order valence-corrected chi connectivity index (χ4v) is 6.87. The Labute approximate surface area is 257 Å². The normalized spacial score (nSPS) is 17.3. The summed E-state index contributed by atoms with van der Waals surface area (Å²) in [5.74, 6) is 0.640. The van der Waals surface area contributed by atoms with Crippen molar-refractivity contribution in [3.8, 4) is 22.6 Å². The van der Waals surface area contributed by atoms with E-state index in [1.54, 1.807) is 13.2 Å². The minimum atomic E-state index is -4.75. The van der Waals surface area contributed by atoms with E-state index in [0.29, 0.717) is 11.6 Å². The lowest BCUT2D eigenvalue weighted by atomic mass is 9.95. The van der Waals surface area contributed by atoms with Crippen LogP contribution in [0.4, 0.5) is 13.2 Å². The van der Waals surface area contributed by atoms with Crippen molar-refractivity contribution >= 4 is 10.9 Å². The van der Waals surface area contributed by atoms with Gasteiger partial charge in [-0.1, -0.05) is 43.5 Å². The number of nitrogens with zero attached hydrogens (tertiary/aromatic N) is 3. The number of piperazine rings is 1. The molecule has 1 aliphatic heterocycles. The summed E-state index contributed by atoms with van der Waals surface area (Å²) in [7, 11) is 1.70. The van der Waals surface area contributed by atoms with Gasteiger partial charge < -0.3 is 19.8 Å². The lowest BCUT2D eigenvalue weighted by Gasteiger charge is -2.34. The second-order valence-electron chi connectivity index (χ2n) is 12.1. The Bertz CT molecular complexity index is 1570. The Kier molecular flexibility index (Phi) is 9.16. The first-order valence-corrected chi connectivity index (χ1v) is 15.6. The van der Waals surface area contributed by atoms with Crippen LogP contribution in [0.15, 0.2) is 66.9 Å². The molecule has 234 valence electrons. The predicted octanol–water partition coefficient (Wildman–Crippen LogP) is 7.50. The number of alkyl halides is 3. The maximum atomic E-state index is 12.9. The zero-order valence-corrected chi connectivity index (χ0v) is 25.3. The average Bonchev–Trinajstić information content (AvgIpc) is 3.40. The average molecular weight is 607 g/mol. The van der Waals surface area contributed by atoms with Crippen molar-refractivity contribution in [1.29, 1.82) is 0 Å². The Morgan fingerprint density at radius 2 is 1.50 bits per heavy atom. The van der Waals surface area contributed by atoms with Gasteiger partial charge in [-0.25, -0.2) is 0 Å². The van der Waals surface area contributed by atoms with Crippen molar-refractivity contribution in [2.75, 3.05) is 33.3 Å². The number of methoxy groups -OCH3 is 1. The van der Waals surface area contributed by atoms with Gasteiger partial charge in [0.25, 0.3) is 0 Å². The molecule has 2 aliphatic rings. The van der Waals surface area contributed by atoms with Crippen molar-refractivity contribution in [2.45, 2.75) is 64.1 Å². The number of fused-ring (bicyclic) bond motifs is 1. The molecule has 44 heavy (non-hydrogen) atoms. The second kappa shape index (κ2) is 13.2. The molecule has 2 heterocycles. The third kappa shape index (κ3) is 7.06. The van der Waals surface area contributed by atoms with Gasteiger partial charge in [0, 0.05) is 74.5 Å². The standard InChI is InChI=1S/C35H41F3N4O2/c1-43-29-9-5-6-25(18-29)22-40-14-16-41(17-15-40)23-26-10-13-34-32(19-26)33(24-42(34)28-7-3-2-4-8-28)31-12-11-30(20-27(31)21-39)44-35(36,37)38/h5-6,9-13,18-20,24,28H,2-4,7-8,14-17,21-23,39H2,1H3. The molecule has 1 saturated carbocycles. The van der Waals surface area contributed by atoms with Crippen LogP contribution in [-0.2, 0) is 19.6 Å². The Morgan fingerprint density at radius 3 is 2.16 bits per heavy atom. The molecular weight excluding hydrogens is 565 g/mol. The van der Waals surface area contributed by atoms with Crippen LogP contribution in [0, 0.1) is 0 Å². The molecule has 3 aromatic carbocycles. The molecule has 0 radical (unpaired) electrons. The Morgan fingerprint density at radius 1 is 0.795 bits per heavy atom. The summed E-state index contributed by atoms with van der Waals surface area (Å²) in [6.45, 7) is 5.82. The summed E-state index contributed by atoms with van der Waals surface area (Å²) in [5.41, 5.74) is 12.2. The molecule has 0 unspecified atom stereocenters. The van der Waals surface area contributed by atoms with E-state index in [1.165, 1.54) is 42.5 Å². The number of hydrogen-bond acceptors (Lipinski definition) is 5. The zero-order valence-electron chi connectivity index (χ0n) is 25.3. The van der Waals surface area contributed by atoms with Crippen LogP contribution < -0.4 is 15.2 Å². The monoisotopic (exact) mass is 606 g/mol. The fourth-order valence-electron chi connectivity index (χ4n) is 6.87. The summed E-state index contributed by atoms with van der Waals surface area (Å²) < 4.78 is 50.8. The zero-order chi connectivity index (χ0) is 30.7. The molecule has 4 aromatic rings. The summed E-state index contributed by atoms with van der Waals surface area (Å²) in [6.07, 6.45) is 3.39. The van der Waals surface area contributed by atoms with E-state index in [1.807, 2.05) is 12.1 Å². The van der Waals surface area contributed by atoms with Gasteiger partial charge in [0.2, 0.25) is 0 Å². The molecule has 0 atom stereocenters. The maximum Gasteiger partial charge on any atom is 0.573 e. The minimum absolute atomic E-state index is 0.111. The molecule has 9 heteroatoms. The highest BCUT2D eigenvalue weighted by molar-refractivity contribution is 5.97. The maximum absolute atomic E-state index is 12.9. The molecule has 0 amide bonds. The Hall–Kier alpha value is -3.53.